The molecule has 1 fully saturated rings. The minimum atomic E-state index is -4.62. The number of aromatic nitrogens is 1. The van der Waals surface area contributed by atoms with Gasteiger partial charge in [0.15, 0.2) is 5.82 Å². The van der Waals surface area contributed by atoms with Crippen LogP contribution >= 0.6 is 11.3 Å². The van der Waals surface area contributed by atoms with Gasteiger partial charge in [-0.25, -0.2) is 18.2 Å². The summed E-state index contributed by atoms with van der Waals surface area (Å²) >= 11 is 1.24. The number of thiophene rings is 1. The van der Waals surface area contributed by atoms with Crippen molar-refractivity contribution in [2.45, 2.75) is 32.4 Å². The van der Waals surface area contributed by atoms with Crippen molar-refractivity contribution in [3.8, 4) is 10.4 Å². The minimum Gasteiger partial charge on any atom is -0.397 e. The average molecular weight is 839 g/mol. The fourth-order valence-corrected chi connectivity index (χ4v) is 8.04. The van der Waals surface area contributed by atoms with E-state index in [0.717, 1.165) is 52.9 Å². The number of nitrogens with one attached hydrogen (secondary N) is 2. The van der Waals surface area contributed by atoms with Crippen LogP contribution in [0.25, 0.3) is 10.4 Å². The summed E-state index contributed by atoms with van der Waals surface area (Å²) in [7, 11) is 3.53. The van der Waals surface area contributed by atoms with Crippen LogP contribution in [0.5, 0.6) is 0 Å². The fraction of sp³-hybridized carbons (Fsp3) is 0.286. The zero-order valence-corrected chi connectivity index (χ0v) is 33.0. The number of hydrogen-bond acceptors (Lipinski definition) is 9. The second-order valence-corrected chi connectivity index (χ2v) is 15.7. The predicted molar refractivity (Wildman–Crippen MR) is 216 cm³/mol. The summed E-state index contributed by atoms with van der Waals surface area (Å²) < 4.78 is 86.0. The molecule has 0 aliphatic carbocycles. The number of pyridine rings is 1. The van der Waals surface area contributed by atoms with Crippen LogP contribution in [-0.2, 0) is 17.3 Å². The zero-order valence-electron chi connectivity index (χ0n) is 32.2. The molecule has 4 N–H and O–H groups in total. The third-order valence-corrected chi connectivity index (χ3v) is 11.4. The van der Waals surface area contributed by atoms with Crippen LogP contribution < -0.4 is 26.2 Å². The van der Waals surface area contributed by atoms with E-state index >= 15 is 0 Å². The normalized spacial score (nSPS) is 14.6. The molecule has 1 saturated heterocycles. The van der Waals surface area contributed by atoms with Gasteiger partial charge in [0.25, 0.3) is 11.8 Å². The Morgan fingerprint density at radius 1 is 0.949 bits per heavy atom. The van der Waals surface area contributed by atoms with Crippen LogP contribution in [0.4, 0.5) is 54.9 Å². The molecule has 310 valence electrons. The number of carbonyl (C=O) groups excluding carboxylic acids is 3. The molecule has 2 aliphatic heterocycles. The molecule has 10 nitrogen and oxygen atoms in total. The number of fused-ring (bicyclic) bond motifs is 3. The summed E-state index contributed by atoms with van der Waals surface area (Å²) in [6.45, 7) is 4.45. The minimum absolute atomic E-state index is 0.0279. The first-order chi connectivity index (χ1) is 28.0. The average Bonchev–Trinajstić information content (AvgIpc) is 3.58. The van der Waals surface area contributed by atoms with Crippen LogP contribution in [0, 0.1) is 22.9 Å². The summed E-state index contributed by atoms with van der Waals surface area (Å²) in [6, 6.07) is 14.8. The second kappa shape index (κ2) is 17.5. The SMILES string of the molecule is CN1CCc2cc(C(=O)Nc3c(N)cc(F)cc3F)sc2-c2ccc(F)cc21.COCC1(C)CCN(c2ncc(C(F)(F)F)cc2C(=O)Nc2ccc(C=O)cc2)CC1. The van der Waals surface area contributed by atoms with E-state index in [0.29, 0.717) is 61.1 Å². The Balaban J connectivity index is 0.000000199. The summed E-state index contributed by atoms with van der Waals surface area (Å²) in [5, 5.41) is 5.02. The molecular weight excluding hydrogens is 799 g/mol. The standard InChI is InChI=1S/C22H24F3N3O3.C20H16F3N3OS/c1-21(14-31-2)7-9-28(10-8-21)19-18(11-16(12-26-19)22(23,24)25)20(30)27-17-5-3-15(13-29)4-6-17;1-26-5-4-10-6-17(28-19(10)13-3-2-11(21)9-16(13)26)20(27)25-18-14(23)7-12(22)8-15(18)24/h3-6,11-13H,7-10,14H2,1-2H3,(H,27,30);2-3,6-9H,4-5,24H2,1H3,(H,25,27). The van der Waals surface area contributed by atoms with Gasteiger partial charge in [-0.3, -0.25) is 14.4 Å². The van der Waals surface area contributed by atoms with Gasteiger partial charge in [0.05, 0.1) is 28.3 Å². The van der Waals surface area contributed by atoms with Gasteiger partial charge in [0.1, 0.15) is 29.4 Å². The smallest absolute Gasteiger partial charge is 0.397 e. The maximum absolute atomic E-state index is 14.0. The Morgan fingerprint density at radius 2 is 1.66 bits per heavy atom. The first-order valence-electron chi connectivity index (χ1n) is 18.4. The van der Waals surface area contributed by atoms with Crippen molar-refractivity contribution in [1.82, 2.24) is 4.98 Å². The Morgan fingerprint density at radius 3 is 2.31 bits per heavy atom. The number of nitrogen functional groups attached to an aromatic ring is 1. The number of carbonyl (C=O) groups is 3. The lowest BCUT2D eigenvalue weighted by molar-refractivity contribution is -0.137. The molecular formula is C42H40F6N6O4S. The maximum Gasteiger partial charge on any atom is 0.417 e. The van der Waals surface area contributed by atoms with Crippen LogP contribution in [0.3, 0.4) is 0 Å². The van der Waals surface area contributed by atoms with E-state index in [1.165, 1.54) is 47.7 Å². The zero-order chi connectivity index (χ0) is 42.6. The number of hydrogen-bond donors (Lipinski definition) is 3. The van der Waals surface area contributed by atoms with Crippen molar-refractivity contribution < 1.29 is 45.5 Å². The Kier molecular flexibility index (Phi) is 12.7. The number of ether oxygens (including phenoxy) is 1. The predicted octanol–water partition coefficient (Wildman–Crippen LogP) is 9.08. The third-order valence-electron chi connectivity index (χ3n) is 10.2. The molecule has 5 aromatic rings. The molecule has 0 saturated carbocycles. The van der Waals surface area contributed by atoms with Crippen molar-refractivity contribution in [3.05, 3.63) is 118 Å². The molecule has 4 heterocycles. The highest BCUT2D eigenvalue weighted by Gasteiger charge is 2.36. The topological polar surface area (TPSA) is 130 Å². The van der Waals surface area contributed by atoms with Crippen LogP contribution in [0.1, 0.15) is 61.3 Å². The Bertz CT molecular complexity index is 2340. The first kappa shape index (κ1) is 42.7. The number of aldehydes is 1. The van der Waals surface area contributed by atoms with Gasteiger partial charge in [-0.15, -0.1) is 11.3 Å². The molecule has 17 heteroatoms. The van der Waals surface area contributed by atoms with E-state index in [9.17, 15) is 40.7 Å². The maximum atomic E-state index is 14.0. The molecule has 0 atom stereocenters. The Hall–Kier alpha value is -5.94. The third kappa shape index (κ3) is 9.85. The van der Waals surface area contributed by atoms with Gasteiger partial charge in [0, 0.05) is 73.4 Å². The molecule has 3 aromatic carbocycles. The van der Waals surface area contributed by atoms with Crippen LogP contribution in [0.15, 0.2) is 72.9 Å². The molecule has 0 radical (unpaired) electrons. The summed E-state index contributed by atoms with van der Waals surface area (Å²) in [5.74, 6) is -3.10. The number of likely N-dealkylation sites (N-methyl/N-ethyl adjacent to an activating group) is 1. The van der Waals surface area contributed by atoms with Gasteiger partial charge >= 0.3 is 6.18 Å². The highest BCUT2D eigenvalue weighted by atomic mass is 32.1. The second-order valence-electron chi connectivity index (χ2n) is 14.6. The summed E-state index contributed by atoms with van der Waals surface area (Å²) in [5.41, 5.74) is 7.36. The van der Waals surface area contributed by atoms with E-state index in [4.69, 9.17) is 10.5 Å². The number of piperidine rings is 1. The molecule has 0 unspecified atom stereocenters. The molecule has 59 heavy (non-hydrogen) atoms. The lowest BCUT2D eigenvalue weighted by Gasteiger charge is -2.40. The van der Waals surface area contributed by atoms with Gasteiger partial charge in [0.2, 0.25) is 0 Å². The molecule has 0 bridgehead atoms. The highest BCUT2D eigenvalue weighted by Crippen LogP contribution is 2.42. The first-order valence-corrected chi connectivity index (χ1v) is 19.2. The molecule has 2 amide bonds. The van der Waals surface area contributed by atoms with Gasteiger partial charge < -0.3 is 30.9 Å². The van der Waals surface area contributed by atoms with Crippen LogP contribution in [0.2, 0.25) is 0 Å². The molecule has 2 aromatic heterocycles. The van der Waals surface area contributed by atoms with Crippen molar-refractivity contribution in [2.75, 3.05) is 66.6 Å². The number of methoxy groups -OCH3 is 1. The monoisotopic (exact) mass is 838 g/mol. The van der Waals surface area contributed by atoms with E-state index in [1.54, 1.807) is 19.2 Å². The quantitative estimate of drug-likeness (QED) is 0.0803. The van der Waals surface area contributed by atoms with Gasteiger partial charge in [-0.05, 0) is 90.9 Å². The number of anilines is 5. The number of benzene rings is 3. The lowest BCUT2D eigenvalue weighted by Crippen LogP contribution is -2.42. The lowest BCUT2D eigenvalue weighted by atomic mass is 9.81. The van der Waals surface area contributed by atoms with E-state index in [-0.39, 0.29) is 34.0 Å². The molecule has 2 aliphatic rings. The van der Waals surface area contributed by atoms with E-state index in [2.05, 4.69) is 22.5 Å². The number of amides is 2. The van der Waals surface area contributed by atoms with Crippen molar-refractivity contribution in [3.63, 3.8) is 0 Å². The number of nitrogens with zero attached hydrogens (tertiary/aromatic N) is 3. The van der Waals surface area contributed by atoms with E-state index < -0.39 is 35.2 Å². The number of alkyl halides is 3. The highest BCUT2D eigenvalue weighted by molar-refractivity contribution is 7.17. The number of rotatable bonds is 8. The van der Waals surface area contributed by atoms with Gasteiger partial charge in [-0.1, -0.05) is 6.92 Å². The molecule has 0 spiro atoms. The molecule has 7 rings (SSSR count). The Labute approximate surface area is 340 Å². The van der Waals surface area contributed by atoms with Crippen molar-refractivity contribution >= 4 is 58.0 Å². The van der Waals surface area contributed by atoms with Gasteiger partial charge in [-0.2, -0.15) is 13.2 Å². The van der Waals surface area contributed by atoms with Crippen LogP contribution in [-0.4, -0.2) is 63.5 Å². The van der Waals surface area contributed by atoms with E-state index in [1.807, 2.05) is 16.8 Å². The number of halogens is 6. The largest absolute Gasteiger partial charge is 0.417 e. The summed E-state index contributed by atoms with van der Waals surface area (Å²) in [6.07, 6.45) is -0.998. The van der Waals surface area contributed by atoms with Crippen molar-refractivity contribution in [2.24, 2.45) is 5.41 Å². The fourth-order valence-electron chi connectivity index (χ4n) is 6.90. The van der Waals surface area contributed by atoms with Crippen molar-refractivity contribution in [1.29, 1.82) is 0 Å². The number of nitrogens with two attached hydrogens (primary N) is 1. The summed E-state index contributed by atoms with van der Waals surface area (Å²) in [4.78, 5) is 45.4.